The minimum Gasteiger partial charge on any atom is -0.480 e. The molecule has 11 heteroatoms. The normalized spacial score (nSPS) is 12.8. The lowest BCUT2D eigenvalue weighted by Crippen LogP contribution is -2.43. The fourth-order valence-electron chi connectivity index (χ4n) is 2.88. The Morgan fingerprint density at radius 2 is 1.32 bits per heavy atom. The average molecular weight is 533 g/mol. The SMILES string of the molecule is CC(C)(C)NCCOCCOCC(=O)CCCOCCOCC(=O)N[C@@H](CCC(=O)C(C)(C)C)C(=O)O. The van der Waals surface area contributed by atoms with Gasteiger partial charge in [-0.15, -0.1) is 0 Å². The zero-order valence-corrected chi connectivity index (χ0v) is 23.5. The summed E-state index contributed by atoms with van der Waals surface area (Å²) in [7, 11) is 0. The Morgan fingerprint density at radius 1 is 0.757 bits per heavy atom. The van der Waals surface area contributed by atoms with Crippen LogP contribution in [0.3, 0.4) is 0 Å². The number of ether oxygens (including phenoxy) is 4. The van der Waals surface area contributed by atoms with Crippen LogP contribution in [0.1, 0.15) is 67.2 Å². The molecule has 0 spiro atoms. The van der Waals surface area contributed by atoms with Crippen molar-refractivity contribution in [2.24, 2.45) is 5.41 Å². The lowest BCUT2D eigenvalue weighted by atomic mass is 9.87. The van der Waals surface area contributed by atoms with Gasteiger partial charge in [0.1, 0.15) is 25.0 Å². The minimum absolute atomic E-state index is 0.0110. The highest BCUT2D eigenvalue weighted by atomic mass is 16.5. The number of hydrogen-bond acceptors (Lipinski definition) is 9. The first-order valence-electron chi connectivity index (χ1n) is 12.9. The lowest BCUT2D eigenvalue weighted by Gasteiger charge is -2.20. The van der Waals surface area contributed by atoms with Crippen molar-refractivity contribution in [1.82, 2.24) is 10.6 Å². The van der Waals surface area contributed by atoms with Crippen molar-refractivity contribution in [1.29, 1.82) is 0 Å². The third kappa shape index (κ3) is 21.8. The number of ketones is 2. The zero-order chi connectivity index (χ0) is 28.3. The highest BCUT2D eigenvalue weighted by molar-refractivity contribution is 5.86. The van der Waals surface area contributed by atoms with Crippen molar-refractivity contribution in [3.63, 3.8) is 0 Å². The van der Waals surface area contributed by atoms with Crippen LogP contribution in [0, 0.1) is 5.41 Å². The summed E-state index contributed by atoms with van der Waals surface area (Å²) in [4.78, 5) is 47.1. The first-order chi connectivity index (χ1) is 17.2. The van der Waals surface area contributed by atoms with Gasteiger partial charge in [-0.1, -0.05) is 20.8 Å². The molecule has 0 aromatic heterocycles. The summed E-state index contributed by atoms with van der Waals surface area (Å²) in [5.41, 5.74) is -0.501. The maximum Gasteiger partial charge on any atom is 0.326 e. The number of carbonyl (C=O) groups excluding carboxylic acids is 3. The van der Waals surface area contributed by atoms with Gasteiger partial charge in [-0.05, 0) is 33.6 Å². The number of rotatable bonds is 22. The number of amides is 1. The van der Waals surface area contributed by atoms with Crippen molar-refractivity contribution in [2.45, 2.75) is 78.8 Å². The van der Waals surface area contributed by atoms with E-state index in [1.807, 2.05) is 0 Å². The van der Waals surface area contributed by atoms with E-state index in [4.69, 9.17) is 18.9 Å². The summed E-state index contributed by atoms with van der Waals surface area (Å²) >= 11 is 0. The predicted octanol–water partition coefficient (Wildman–Crippen LogP) is 1.76. The van der Waals surface area contributed by atoms with Gasteiger partial charge in [-0.3, -0.25) is 14.4 Å². The first-order valence-corrected chi connectivity index (χ1v) is 12.9. The zero-order valence-electron chi connectivity index (χ0n) is 23.5. The summed E-state index contributed by atoms with van der Waals surface area (Å²) in [5.74, 6) is -1.85. The van der Waals surface area contributed by atoms with Gasteiger partial charge >= 0.3 is 5.97 Å². The van der Waals surface area contributed by atoms with Crippen LogP contribution in [0.4, 0.5) is 0 Å². The standard InChI is InChI=1S/C26H48N2O9/c1-25(2,3)22(30)10-9-21(24(32)33)28-23(31)19-37-17-14-34-12-7-8-20(29)18-36-16-15-35-13-11-27-26(4,5)6/h21,27H,7-19H2,1-6H3,(H,28,31)(H,32,33)/t21-/m0/s1. The number of hydrogen-bond donors (Lipinski definition) is 3. The molecule has 37 heavy (non-hydrogen) atoms. The number of Topliss-reactive ketones (excluding diaryl/α,β-unsaturated/α-hetero) is 2. The van der Waals surface area contributed by atoms with Crippen LogP contribution >= 0.6 is 0 Å². The van der Waals surface area contributed by atoms with Crippen LogP contribution in [0.25, 0.3) is 0 Å². The van der Waals surface area contributed by atoms with Crippen molar-refractivity contribution >= 4 is 23.4 Å². The summed E-state index contributed by atoms with van der Waals surface area (Å²) in [5, 5.41) is 14.9. The van der Waals surface area contributed by atoms with E-state index in [1.54, 1.807) is 20.8 Å². The van der Waals surface area contributed by atoms with Crippen molar-refractivity contribution in [3.05, 3.63) is 0 Å². The Balaban J connectivity index is 3.70. The maximum atomic E-state index is 12.0. The third-order valence-electron chi connectivity index (χ3n) is 5.02. The second kappa shape index (κ2) is 19.2. The van der Waals surface area contributed by atoms with Crippen molar-refractivity contribution in [3.8, 4) is 0 Å². The Morgan fingerprint density at radius 3 is 1.89 bits per heavy atom. The Bertz CT molecular complexity index is 685. The molecule has 0 aliphatic heterocycles. The molecule has 0 radical (unpaired) electrons. The lowest BCUT2D eigenvalue weighted by molar-refractivity contribution is -0.143. The van der Waals surface area contributed by atoms with E-state index in [0.29, 0.717) is 39.3 Å². The molecule has 0 heterocycles. The van der Waals surface area contributed by atoms with Gasteiger partial charge in [0.15, 0.2) is 5.78 Å². The van der Waals surface area contributed by atoms with Gasteiger partial charge < -0.3 is 34.7 Å². The molecule has 1 atom stereocenters. The molecule has 0 fully saturated rings. The van der Waals surface area contributed by atoms with E-state index in [1.165, 1.54) is 0 Å². The number of carbonyl (C=O) groups is 4. The van der Waals surface area contributed by atoms with Crippen LogP contribution < -0.4 is 10.6 Å². The first kappa shape index (κ1) is 35.1. The highest BCUT2D eigenvalue weighted by Gasteiger charge is 2.25. The molecular weight excluding hydrogens is 484 g/mol. The quantitative estimate of drug-likeness (QED) is 0.176. The molecule has 3 N–H and O–H groups in total. The van der Waals surface area contributed by atoms with Crippen LogP contribution in [0.2, 0.25) is 0 Å². The van der Waals surface area contributed by atoms with E-state index in [0.717, 1.165) is 6.54 Å². The molecule has 0 aliphatic rings. The number of carboxylic acid groups (broad SMARTS) is 1. The largest absolute Gasteiger partial charge is 0.480 e. The molecule has 1 amide bonds. The molecule has 0 bridgehead atoms. The van der Waals surface area contributed by atoms with Crippen molar-refractivity contribution < 1.29 is 43.2 Å². The Hall–Kier alpha value is -1.92. The molecule has 0 saturated heterocycles. The molecule has 0 rings (SSSR count). The van der Waals surface area contributed by atoms with Gasteiger partial charge in [0.2, 0.25) is 5.91 Å². The van der Waals surface area contributed by atoms with E-state index >= 15 is 0 Å². The van der Waals surface area contributed by atoms with Gasteiger partial charge in [0, 0.05) is 36.9 Å². The monoisotopic (exact) mass is 532 g/mol. The fourth-order valence-corrected chi connectivity index (χ4v) is 2.88. The molecule has 216 valence electrons. The van der Waals surface area contributed by atoms with Gasteiger partial charge in [-0.2, -0.15) is 0 Å². The topological polar surface area (TPSA) is 149 Å². The average Bonchev–Trinajstić information content (AvgIpc) is 2.78. The second-order valence-corrected chi connectivity index (χ2v) is 10.8. The van der Waals surface area contributed by atoms with Gasteiger partial charge in [-0.25, -0.2) is 4.79 Å². The predicted molar refractivity (Wildman–Crippen MR) is 139 cm³/mol. The summed E-state index contributed by atoms with van der Waals surface area (Å²) in [6.45, 7) is 14.2. The fraction of sp³-hybridized carbons (Fsp3) is 0.846. The Kier molecular flexibility index (Phi) is 18.2. The molecule has 0 unspecified atom stereocenters. The molecular formula is C26H48N2O9. The third-order valence-corrected chi connectivity index (χ3v) is 5.02. The smallest absolute Gasteiger partial charge is 0.326 e. The van der Waals surface area contributed by atoms with Gasteiger partial charge in [0.25, 0.3) is 0 Å². The van der Waals surface area contributed by atoms with E-state index < -0.39 is 23.3 Å². The van der Waals surface area contributed by atoms with Crippen LogP contribution in [-0.4, -0.2) is 99.5 Å². The molecule has 0 aromatic rings. The highest BCUT2D eigenvalue weighted by Crippen LogP contribution is 2.18. The van der Waals surface area contributed by atoms with Crippen molar-refractivity contribution in [2.75, 3.05) is 59.4 Å². The number of carboxylic acids is 1. The van der Waals surface area contributed by atoms with E-state index in [9.17, 15) is 24.3 Å². The van der Waals surface area contributed by atoms with Crippen LogP contribution in [0.15, 0.2) is 0 Å². The second-order valence-electron chi connectivity index (χ2n) is 10.8. The molecule has 11 nitrogen and oxygen atoms in total. The summed E-state index contributed by atoms with van der Waals surface area (Å²) in [6, 6.07) is -1.15. The van der Waals surface area contributed by atoms with E-state index in [2.05, 4.69) is 31.4 Å². The van der Waals surface area contributed by atoms with Crippen LogP contribution in [0.5, 0.6) is 0 Å². The minimum atomic E-state index is -1.20. The molecule has 0 aromatic carbocycles. The van der Waals surface area contributed by atoms with Crippen LogP contribution in [-0.2, 0) is 38.1 Å². The Labute approximate surface area is 221 Å². The number of aliphatic carboxylic acids is 1. The molecule has 0 saturated carbocycles. The molecule has 0 aliphatic carbocycles. The van der Waals surface area contributed by atoms with E-state index in [-0.39, 0.29) is 56.4 Å². The number of nitrogens with one attached hydrogen (secondary N) is 2. The maximum absolute atomic E-state index is 12.0. The summed E-state index contributed by atoms with van der Waals surface area (Å²) in [6.07, 6.45) is 0.973. The van der Waals surface area contributed by atoms with Gasteiger partial charge in [0.05, 0.1) is 33.0 Å². The summed E-state index contributed by atoms with van der Waals surface area (Å²) < 4.78 is 21.3.